The largest absolute Gasteiger partial charge is 0.306 e. The number of piperidine rings is 1. The van der Waals surface area contributed by atoms with E-state index >= 15 is 0 Å². The van der Waals surface area contributed by atoms with Crippen molar-refractivity contribution in [2.75, 3.05) is 20.1 Å². The van der Waals surface area contributed by atoms with Crippen molar-refractivity contribution in [3.8, 4) is 0 Å². The van der Waals surface area contributed by atoms with Crippen molar-refractivity contribution in [3.05, 3.63) is 11.1 Å². The summed E-state index contributed by atoms with van der Waals surface area (Å²) in [4.78, 5) is 2.35. The maximum atomic E-state index is 13.6. The van der Waals surface area contributed by atoms with Crippen molar-refractivity contribution in [1.29, 1.82) is 0 Å². The minimum atomic E-state index is -0.668. The second kappa shape index (κ2) is 3.34. The summed E-state index contributed by atoms with van der Waals surface area (Å²) in [5.74, 6) is 0. The second-order valence-electron chi connectivity index (χ2n) is 5.06. The van der Waals surface area contributed by atoms with Gasteiger partial charge in [-0.3, -0.25) is 0 Å². The number of nitrogens with zero attached hydrogens (tertiary/aromatic N) is 1. The molecule has 0 amide bonds. The Hall–Kier alpha value is -0.370. The molecule has 1 saturated heterocycles. The van der Waals surface area contributed by atoms with Crippen molar-refractivity contribution in [3.63, 3.8) is 0 Å². The van der Waals surface area contributed by atoms with E-state index < -0.39 is 6.17 Å². The smallest absolute Gasteiger partial charge is 0.122 e. The van der Waals surface area contributed by atoms with Gasteiger partial charge in [0.05, 0.1) is 0 Å². The number of likely N-dealkylation sites (tertiary alicyclic amines) is 1. The van der Waals surface area contributed by atoms with E-state index in [0.29, 0.717) is 0 Å². The summed E-state index contributed by atoms with van der Waals surface area (Å²) in [5.41, 5.74) is 2.57. The fourth-order valence-electron chi connectivity index (χ4n) is 2.93. The summed E-state index contributed by atoms with van der Waals surface area (Å²) in [6.07, 6.45) is 2.37. The SMILES string of the molecule is CC1=C(C)C2(CCN(C)CC2)CC1F. The summed E-state index contributed by atoms with van der Waals surface area (Å²) in [5, 5.41) is 0. The van der Waals surface area contributed by atoms with Gasteiger partial charge in [-0.05, 0) is 64.2 Å². The predicted molar refractivity (Wildman–Crippen MR) is 57.1 cm³/mol. The third-order valence-corrected chi connectivity index (χ3v) is 4.37. The standard InChI is InChI=1S/C12H20FN/c1-9-10(2)12(8-11(9)13)4-6-14(3)7-5-12/h11H,4-8H2,1-3H3. The van der Waals surface area contributed by atoms with Crippen LogP contribution >= 0.6 is 0 Å². The molecule has 0 aromatic heterocycles. The van der Waals surface area contributed by atoms with Crippen molar-refractivity contribution >= 4 is 0 Å². The monoisotopic (exact) mass is 197 g/mol. The first-order chi connectivity index (χ1) is 6.55. The fraction of sp³-hybridized carbons (Fsp3) is 0.833. The summed E-state index contributed by atoms with van der Waals surface area (Å²) in [6, 6.07) is 0. The Kier molecular flexibility index (Phi) is 2.42. The normalized spacial score (nSPS) is 33.0. The minimum Gasteiger partial charge on any atom is -0.306 e. The van der Waals surface area contributed by atoms with Crippen LogP contribution in [0.25, 0.3) is 0 Å². The molecule has 1 atom stereocenters. The molecule has 0 bridgehead atoms. The molecule has 1 spiro atoms. The van der Waals surface area contributed by atoms with Gasteiger partial charge in [0, 0.05) is 0 Å². The van der Waals surface area contributed by atoms with Gasteiger partial charge < -0.3 is 4.90 Å². The van der Waals surface area contributed by atoms with Gasteiger partial charge in [-0.25, -0.2) is 4.39 Å². The highest BCUT2D eigenvalue weighted by Gasteiger charge is 2.43. The quantitative estimate of drug-likeness (QED) is 0.540. The molecule has 80 valence electrons. The van der Waals surface area contributed by atoms with Crippen molar-refractivity contribution in [2.45, 2.75) is 39.3 Å². The Balaban J connectivity index is 2.19. The highest BCUT2D eigenvalue weighted by atomic mass is 19.1. The number of rotatable bonds is 0. The van der Waals surface area contributed by atoms with E-state index in [-0.39, 0.29) is 5.41 Å². The third-order valence-electron chi connectivity index (χ3n) is 4.37. The zero-order chi connectivity index (χ0) is 10.3. The zero-order valence-corrected chi connectivity index (χ0v) is 9.44. The lowest BCUT2D eigenvalue weighted by Gasteiger charge is -2.39. The van der Waals surface area contributed by atoms with E-state index in [4.69, 9.17) is 0 Å². The van der Waals surface area contributed by atoms with Crippen LogP contribution in [0.2, 0.25) is 0 Å². The Bertz CT molecular complexity index is 261. The van der Waals surface area contributed by atoms with Crippen molar-refractivity contribution in [1.82, 2.24) is 4.90 Å². The van der Waals surface area contributed by atoms with Crippen molar-refractivity contribution < 1.29 is 4.39 Å². The predicted octanol–water partition coefficient (Wildman–Crippen LogP) is 2.78. The molecule has 0 aromatic rings. The first-order valence-electron chi connectivity index (χ1n) is 5.56. The fourth-order valence-corrected chi connectivity index (χ4v) is 2.93. The average molecular weight is 197 g/mol. The van der Waals surface area contributed by atoms with Crippen LogP contribution in [-0.2, 0) is 0 Å². The zero-order valence-electron chi connectivity index (χ0n) is 9.44. The molecule has 1 fully saturated rings. The van der Waals surface area contributed by atoms with Crippen LogP contribution in [0, 0.1) is 5.41 Å². The second-order valence-corrected chi connectivity index (χ2v) is 5.06. The number of allylic oxidation sites excluding steroid dienone is 2. The van der Waals surface area contributed by atoms with Crippen LogP contribution in [0.4, 0.5) is 4.39 Å². The van der Waals surface area contributed by atoms with E-state index in [0.717, 1.165) is 37.9 Å². The molecule has 0 N–H and O–H groups in total. The lowest BCUT2D eigenvalue weighted by molar-refractivity contribution is 0.138. The Labute approximate surface area is 86.0 Å². The molecule has 1 heterocycles. The highest BCUT2D eigenvalue weighted by Crippen LogP contribution is 2.50. The molecular formula is C12H20FN. The molecule has 1 unspecified atom stereocenters. The van der Waals surface area contributed by atoms with Crippen LogP contribution in [-0.4, -0.2) is 31.2 Å². The van der Waals surface area contributed by atoms with Crippen LogP contribution < -0.4 is 0 Å². The molecule has 2 aliphatic rings. The van der Waals surface area contributed by atoms with Gasteiger partial charge in [-0.15, -0.1) is 0 Å². The highest BCUT2D eigenvalue weighted by molar-refractivity contribution is 5.30. The molecular weight excluding hydrogens is 177 g/mol. The molecule has 0 radical (unpaired) electrons. The van der Waals surface area contributed by atoms with Gasteiger partial charge in [0.15, 0.2) is 0 Å². The molecule has 14 heavy (non-hydrogen) atoms. The van der Waals surface area contributed by atoms with Gasteiger partial charge >= 0.3 is 0 Å². The molecule has 2 rings (SSSR count). The Morgan fingerprint density at radius 2 is 1.86 bits per heavy atom. The van der Waals surface area contributed by atoms with Crippen LogP contribution in [0.5, 0.6) is 0 Å². The maximum Gasteiger partial charge on any atom is 0.122 e. The van der Waals surface area contributed by atoms with Gasteiger partial charge in [-0.2, -0.15) is 0 Å². The molecule has 0 aromatic carbocycles. The summed E-state index contributed by atoms with van der Waals surface area (Å²) in [6.45, 7) is 6.35. The Morgan fingerprint density at radius 1 is 1.29 bits per heavy atom. The number of alkyl halides is 1. The van der Waals surface area contributed by atoms with Crippen LogP contribution in [0.1, 0.15) is 33.1 Å². The molecule has 0 saturated carbocycles. The van der Waals surface area contributed by atoms with Gasteiger partial charge in [0.25, 0.3) is 0 Å². The van der Waals surface area contributed by atoms with E-state index in [2.05, 4.69) is 18.9 Å². The first kappa shape index (κ1) is 10.2. The average Bonchev–Trinajstić information content (AvgIpc) is 2.37. The third kappa shape index (κ3) is 1.40. The molecule has 1 aliphatic carbocycles. The molecule has 1 nitrogen and oxygen atoms in total. The van der Waals surface area contributed by atoms with Gasteiger partial charge in [0.1, 0.15) is 6.17 Å². The minimum absolute atomic E-state index is 0.218. The van der Waals surface area contributed by atoms with Gasteiger partial charge in [0.2, 0.25) is 0 Å². The van der Waals surface area contributed by atoms with Crippen molar-refractivity contribution in [2.24, 2.45) is 5.41 Å². The molecule has 2 heteroatoms. The number of hydrogen-bond donors (Lipinski definition) is 0. The maximum absolute atomic E-state index is 13.6. The Morgan fingerprint density at radius 3 is 2.29 bits per heavy atom. The summed E-state index contributed by atoms with van der Waals surface area (Å²) < 4.78 is 13.6. The van der Waals surface area contributed by atoms with E-state index in [1.807, 2.05) is 6.92 Å². The number of hydrogen-bond acceptors (Lipinski definition) is 1. The first-order valence-corrected chi connectivity index (χ1v) is 5.56. The molecule has 1 aliphatic heterocycles. The van der Waals surface area contributed by atoms with E-state index in [1.165, 1.54) is 5.57 Å². The lowest BCUT2D eigenvalue weighted by atomic mass is 9.73. The summed E-state index contributed by atoms with van der Waals surface area (Å²) in [7, 11) is 2.15. The lowest BCUT2D eigenvalue weighted by Crippen LogP contribution is -2.37. The van der Waals surface area contributed by atoms with E-state index in [9.17, 15) is 4.39 Å². The van der Waals surface area contributed by atoms with Crippen LogP contribution in [0.15, 0.2) is 11.1 Å². The van der Waals surface area contributed by atoms with Gasteiger partial charge in [-0.1, -0.05) is 5.57 Å². The topological polar surface area (TPSA) is 3.24 Å². The van der Waals surface area contributed by atoms with E-state index in [1.54, 1.807) is 0 Å². The van der Waals surface area contributed by atoms with Crippen LogP contribution in [0.3, 0.4) is 0 Å². The summed E-state index contributed by atoms with van der Waals surface area (Å²) >= 11 is 0. The number of halogens is 1.